The zero-order chi connectivity index (χ0) is 18.6. The first kappa shape index (κ1) is 19.6. The summed E-state index contributed by atoms with van der Waals surface area (Å²) < 4.78 is 27.1. The number of benzene rings is 2. The molecule has 0 spiro atoms. The molecule has 1 N–H and O–H groups in total. The molecule has 7 heteroatoms. The highest BCUT2D eigenvalue weighted by Gasteiger charge is 2.21. The molecule has 0 radical (unpaired) electrons. The molecule has 2 rings (SSSR count). The summed E-state index contributed by atoms with van der Waals surface area (Å²) in [6, 6.07) is 11.6. The summed E-state index contributed by atoms with van der Waals surface area (Å²) in [6.07, 6.45) is 0. The molecule has 5 nitrogen and oxygen atoms in total. The monoisotopic (exact) mass is 424 g/mol. The van der Waals surface area contributed by atoms with Crippen molar-refractivity contribution >= 4 is 37.5 Å². The van der Waals surface area contributed by atoms with Crippen LogP contribution in [0.5, 0.6) is 0 Å². The van der Waals surface area contributed by atoms with Gasteiger partial charge in [-0.3, -0.25) is 4.79 Å². The Balaban J connectivity index is 2.20. The van der Waals surface area contributed by atoms with E-state index in [0.717, 1.165) is 10.0 Å². The highest BCUT2D eigenvalue weighted by molar-refractivity contribution is 9.10. The van der Waals surface area contributed by atoms with Crippen LogP contribution in [0.15, 0.2) is 51.8 Å². The lowest BCUT2D eigenvalue weighted by atomic mass is 10.2. The van der Waals surface area contributed by atoms with Crippen LogP contribution in [0.25, 0.3) is 0 Å². The third kappa shape index (κ3) is 4.48. The molecule has 0 unspecified atom stereocenters. The minimum atomic E-state index is -3.52. The second-order valence-corrected chi connectivity index (χ2v) is 8.34. The van der Waals surface area contributed by atoms with Gasteiger partial charge in [-0.05, 0) is 64.8 Å². The predicted molar refractivity (Wildman–Crippen MR) is 103 cm³/mol. The summed E-state index contributed by atoms with van der Waals surface area (Å²) in [5.74, 6) is -0.295. The van der Waals surface area contributed by atoms with E-state index in [2.05, 4.69) is 21.2 Å². The Morgan fingerprint density at radius 3 is 2.20 bits per heavy atom. The van der Waals surface area contributed by atoms with Crippen molar-refractivity contribution in [2.75, 3.05) is 18.4 Å². The summed E-state index contributed by atoms with van der Waals surface area (Å²) in [6.45, 7) is 6.36. The molecule has 0 aromatic heterocycles. The molecule has 0 fully saturated rings. The van der Waals surface area contributed by atoms with E-state index in [4.69, 9.17) is 0 Å². The summed E-state index contributed by atoms with van der Waals surface area (Å²) in [4.78, 5) is 12.6. The standard InChI is InChI=1S/C18H21BrN2O3S/c1-4-21(5-2)25(23,24)15-9-7-14(8-10-15)18(22)20-17-11-6-13(3)12-16(17)19/h6-12H,4-5H2,1-3H3,(H,20,22). The van der Waals surface area contributed by atoms with Gasteiger partial charge in [-0.2, -0.15) is 4.31 Å². The van der Waals surface area contributed by atoms with Gasteiger partial charge in [-0.25, -0.2) is 8.42 Å². The van der Waals surface area contributed by atoms with E-state index in [0.29, 0.717) is 24.3 Å². The van der Waals surface area contributed by atoms with Crippen molar-refractivity contribution in [1.82, 2.24) is 4.31 Å². The Bertz CT molecular complexity index is 860. The molecule has 134 valence electrons. The highest BCUT2D eigenvalue weighted by atomic mass is 79.9. The van der Waals surface area contributed by atoms with Crippen LogP contribution < -0.4 is 5.32 Å². The maximum absolute atomic E-state index is 12.5. The van der Waals surface area contributed by atoms with Crippen LogP contribution in [0.1, 0.15) is 29.8 Å². The van der Waals surface area contributed by atoms with Crippen molar-refractivity contribution in [2.45, 2.75) is 25.7 Å². The lowest BCUT2D eigenvalue weighted by Gasteiger charge is -2.18. The van der Waals surface area contributed by atoms with Crippen molar-refractivity contribution in [3.8, 4) is 0 Å². The molecule has 0 bridgehead atoms. The molecule has 0 saturated heterocycles. The lowest BCUT2D eigenvalue weighted by molar-refractivity contribution is 0.102. The van der Waals surface area contributed by atoms with Crippen molar-refractivity contribution in [2.24, 2.45) is 0 Å². The largest absolute Gasteiger partial charge is 0.321 e. The van der Waals surface area contributed by atoms with Gasteiger partial charge in [0.15, 0.2) is 0 Å². The van der Waals surface area contributed by atoms with Gasteiger partial charge in [0.2, 0.25) is 10.0 Å². The fraction of sp³-hybridized carbons (Fsp3) is 0.278. The van der Waals surface area contributed by atoms with Gasteiger partial charge < -0.3 is 5.32 Å². The number of nitrogens with zero attached hydrogens (tertiary/aromatic N) is 1. The Labute approximate surface area is 157 Å². The normalized spacial score (nSPS) is 11.6. The number of hydrogen-bond acceptors (Lipinski definition) is 3. The van der Waals surface area contributed by atoms with Gasteiger partial charge in [0, 0.05) is 23.1 Å². The SMILES string of the molecule is CCN(CC)S(=O)(=O)c1ccc(C(=O)Nc2ccc(C)cc2Br)cc1. The summed E-state index contributed by atoms with van der Waals surface area (Å²) in [7, 11) is -3.52. The molecule has 0 aliphatic rings. The first-order valence-electron chi connectivity index (χ1n) is 7.97. The van der Waals surface area contributed by atoms with E-state index in [9.17, 15) is 13.2 Å². The number of carbonyl (C=O) groups is 1. The molecule has 0 heterocycles. The Kier molecular flexibility index (Phi) is 6.37. The average Bonchev–Trinajstić information content (AvgIpc) is 2.58. The number of rotatable bonds is 6. The van der Waals surface area contributed by atoms with Crippen LogP contribution in [0.2, 0.25) is 0 Å². The fourth-order valence-electron chi connectivity index (χ4n) is 2.41. The van der Waals surface area contributed by atoms with E-state index < -0.39 is 10.0 Å². The topological polar surface area (TPSA) is 66.5 Å². The smallest absolute Gasteiger partial charge is 0.255 e. The molecule has 0 aliphatic heterocycles. The Hall–Kier alpha value is -1.70. The van der Waals surface area contributed by atoms with Crippen LogP contribution >= 0.6 is 15.9 Å². The number of anilines is 1. The van der Waals surface area contributed by atoms with E-state index in [1.807, 2.05) is 25.1 Å². The van der Waals surface area contributed by atoms with Crippen LogP contribution in [0.3, 0.4) is 0 Å². The summed E-state index contributed by atoms with van der Waals surface area (Å²) >= 11 is 3.42. The quantitative estimate of drug-likeness (QED) is 0.760. The zero-order valence-electron chi connectivity index (χ0n) is 14.4. The molecular weight excluding hydrogens is 404 g/mol. The van der Waals surface area contributed by atoms with Crippen LogP contribution in [0, 0.1) is 6.92 Å². The second kappa shape index (κ2) is 8.12. The number of hydrogen-bond donors (Lipinski definition) is 1. The number of sulfonamides is 1. The number of nitrogens with one attached hydrogen (secondary N) is 1. The van der Waals surface area contributed by atoms with Crippen molar-refractivity contribution in [3.63, 3.8) is 0 Å². The molecular formula is C18H21BrN2O3S. The summed E-state index contributed by atoms with van der Waals surface area (Å²) in [5, 5.41) is 2.81. The van der Waals surface area contributed by atoms with Gasteiger partial charge in [0.05, 0.1) is 10.6 Å². The maximum Gasteiger partial charge on any atom is 0.255 e. The first-order valence-corrected chi connectivity index (χ1v) is 10.2. The molecule has 0 atom stereocenters. The van der Waals surface area contributed by atoms with Gasteiger partial charge >= 0.3 is 0 Å². The van der Waals surface area contributed by atoms with Gasteiger partial charge in [0.1, 0.15) is 0 Å². The lowest BCUT2D eigenvalue weighted by Crippen LogP contribution is -2.30. The summed E-state index contributed by atoms with van der Waals surface area (Å²) in [5.41, 5.74) is 2.14. The van der Waals surface area contributed by atoms with Gasteiger partial charge in [0.25, 0.3) is 5.91 Å². The molecule has 2 aromatic carbocycles. The van der Waals surface area contributed by atoms with E-state index in [1.54, 1.807) is 13.8 Å². The minimum absolute atomic E-state index is 0.185. The fourth-order valence-corrected chi connectivity index (χ4v) is 4.46. The van der Waals surface area contributed by atoms with E-state index in [-0.39, 0.29) is 10.8 Å². The molecule has 0 saturated carbocycles. The third-order valence-corrected chi connectivity index (χ3v) is 6.55. The average molecular weight is 425 g/mol. The van der Waals surface area contributed by atoms with Crippen molar-refractivity contribution in [3.05, 3.63) is 58.1 Å². The third-order valence-electron chi connectivity index (χ3n) is 3.83. The predicted octanol–water partition coefficient (Wildman–Crippen LogP) is 4.04. The minimum Gasteiger partial charge on any atom is -0.321 e. The second-order valence-electron chi connectivity index (χ2n) is 5.55. The Morgan fingerprint density at radius 1 is 1.08 bits per heavy atom. The molecule has 25 heavy (non-hydrogen) atoms. The number of aryl methyl sites for hydroxylation is 1. The van der Waals surface area contributed by atoms with Crippen LogP contribution in [0.4, 0.5) is 5.69 Å². The molecule has 0 aliphatic carbocycles. The first-order chi connectivity index (χ1) is 11.8. The van der Waals surface area contributed by atoms with Gasteiger partial charge in [-0.1, -0.05) is 19.9 Å². The number of carbonyl (C=O) groups excluding carboxylic acids is 1. The van der Waals surface area contributed by atoms with Gasteiger partial charge in [-0.15, -0.1) is 0 Å². The number of amides is 1. The Morgan fingerprint density at radius 2 is 1.68 bits per heavy atom. The van der Waals surface area contributed by atoms with Crippen LogP contribution in [-0.4, -0.2) is 31.7 Å². The van der Waals surface area contributed by atoms with Crippen LogP contribution in [-0.2, 0) is 10.0 Å². The highest BCUT2D eigenvalue weighted by Crippen LogP contribution is 2.24. The van der Waals surface area contributed by atoms with E-state index >= 15 is 0 Å². The number of halogens is 1. The molecule has 2 aromatic rings. The maximum atomic E-state index is 12.5. The van der Waals surface area contributed by atoms with Crippen molar-refractivity contribution in [1.29, 1.82) is 0 Å². The molecule has 1 amide bonds. The van der Waals surface area contributed by atoms with Crippen molar-refractivity contribution < 1.29 is 13.2 Å². The zero-order valence-corrected chi connectivity index (χ0v) is 16.8. The van der Waals surface area contributed by atoms with E-state index in [1.165, 1.54) is 28.6 Å².